The molecule has 11 aromatic rings. The van der Waals surface area contributed by atoms with E-state index >= 15 is 0 Å². The average molecular weight is 897 g/mol. The molecule has 13 rings (SSSR count). The number of fused-ring (bicyclic) bond motifs is 9. The van der Waals surface area contributed by atoms with Crippen LogP contribution >= 0.6 is 0 Å². The Labute approximate surface area is 411 Å². The van der Waals surface area contributed by atoms with Gasteiger partial charge in [-0.15, -0.1) is 0 Å². The van der Waals surface area contributed by atoms with Crippen molar-refractivity contribution in [1.82, 2.24) is 0 Å². The molecule has 2 heteroatoms. The van der Waals surface area contributed by atoms with Gasteiger partial charge in [-0.2, -0.15) is 0 Å². The molecule has 0 aliphatic heterocycles. The lowest BCUT2D eigenvalue weighted by molar-refractivity contribution is 0.660. The average Bonchev–Trinajstić information content (AvgIpc) is 3.78. The maximum atomic E-state index is 2.52. The van der Waals surface area contributed by atoms with Crippen LogP contribution in [0.2, 0.25) is 0 Å². The largest absolute Gasteiger partial charge is 0.310 e. The molecule has 2 aliphatic rings. The molecule has 0 amide bonds. The second-order valence-electron chi connectivity index (χ2n) is 20.1. The lowest BCUT2D eigenvalue weighted by Gasteiger charge is -2.32. The Bertz CT molecular complexity index is 3810. The van der Waals surface area contributed by atoms with Crippen LogP contribution in [0.15, 0.2) is 243 Å². The van der Waals surface area contributed by atoms with Crippen LogP contribution in [0.3, 0.4) is 0 Å². The van der Waals surface area contributed by atoms with Crippen molar-refractivity contribution < 1.29 is 0 Å². The molecule has 0 unspecified atom stereocenters. The molecule has 0 heterocycles. The van der Waals surface area contributed by atoms with Crippen LogP contribution in [0.5, 0.6) is 0 Å². The third-order valence-corrected chi connectivity index (χ3v) is 15.4. The van der Waals surface area contributed by atoms with E-state index in [2.05, 4.69) is 280 Å². The van der Waals surface area contributed by atoms with E-state index in [-0.39, 0.29) is 10.8 Å². The van der Waals surface area contributed by atoms with Crippen molar-refractivity contribution in [3.63, 3.8) is 0 Å². The van der Waals surface area contributed by atoms with Crippen molar-refractivity contribution in [2.24, 2.45) is 0 Å². The van der Waals surface area contributed by atoms with Crippen molar-refractivity contribution in [3.8, 4) is 44.5 Å². The zero-order valence-corrected chi connectivity index (χ0v) is 40.0. The van der Waals surface area contributed by atoms with Gasteiger partial charge < -0.3 is 9.80 Å². The van der Waals surface area contributed by atoms with E-state index in [0.29, 0.717) is 0 Å². The summed E-state index contributed by atoms with van der Waals surface area (Å²) in [6.07, 6.45) is 0. The molecule has 0 N–H and O–H groups in total. The molecule has 70 heavy (non-hydrogen) atoms. The van der Waals surface area contributed by atoms with Gasteiger partial charge >= 0.3 is 0 Å². The first-order valence-corrected chi connectivity index (χ1v) is 24.6. The standard InChI is InChI=1S/C68H52N2/c1-67(2)61-25-15-13-23-57(61)59-39-37-53(42-63(59)67)69(51-33-29-47(30-34-51)45-17-7-5-8-18-45)55-41-50-28-27-49-21-11-12-22-56(49)66(50)65(44-55)70(52-35-31-48(32-36-52)46-19-9-6-10-20-46)54-38-40-60-58-24-14-16-26-62(58)68(3,4)64(60)43-54/h5-44H,1-4H3. The summed E-state index contributed by atoms with van der Waals surface area (Å²) in [5, 5.41) is 4.81. The van der Waals surface area contributed by atoms with Crippen LogP contribution in [-0.4, -0.2) is 0 Å². The molecule has 0 radical (unpaired) electrons. The Kier molecular flexibility index (Phi) is 9.58. The van der Waals surface area contributed by atoms with Crippen LogP contribution in [0.25, 0.3) is 66.1 Å². The lowest BCUT2D eigenvalue weighted by atomic mass is 9.82. The highest BCUT2D eigenvalue weighted by Gasteiger charge is 2.37. The fourth-order valence-corrected chi connectivity index (χ4v) is 11.8. The molecule has 0 atom stereocenters. The first-order valence-electron chi connectivity index (χ1n) is 24.6. The Hall–Kier alpha value is -8.46. The molecule has 334 valence electrons. The van der Waals surface area contributed by atoms with Gasteiger partial charge in [-0.1, -0.05) is 210 Å². The summed E-state index contributed by atoms with van der Waals surface area (Å²) in [7, 11) is 0. The summed E-state index contributed by atoms with van der Waals surface area (Å²) in [5.74, 6) is 0. The third kappa shape index (κ3) is 6.62. The fourth-order valence-electron chi connectivity index (χ4n) is 11.8. The molecule has 0 saturated heterocycles. The Morgan fingerprint density at radius 1 is 0.271 bits per heavy atom. The Balaban J connectivity index is 1.07. The molecule has 2 nitrogen and oxygen atoms in total. The zero-order chi connectivity index (χ0) is 47.1. The normalized spacial score (nSPS) is 13.7. The maximum Gasteiger partial charge on any atom is 0.0567 e. The summed E-state index contributed by atoms with van der Waals surface area (Å²) in [6.45, 7) is 9.50. The highest BCUT2D eigenvalue weighted by Crippen LogP contribution is 2.54. The van der Waals surface area contributed by atoms with Gasteiger partial charge in [0.15, 0.2) is 0 Å². The Morgan fingerprint density at radius 3 is 1.24 bits per heavy atom. The molecule has 11 aromatic carbocycles. The molecule has 0 aromatic heterocycles. The maximum absolute atomic E-state index is 2.52. The van der Waals surface area contributed by atoms with Crippen molar-refractivity contribution in [3.05, 3.63) is 265 Å². The topological polar surface area (TPSA) is 6.48 Å². The van der Waals surface area contributed by atoms with Gasteiger partial charge in [0.05, 0.1) is 5.69 Å². The summed E-state index contributed by atoms with van der Waals surface area (Å²) in [6, 6.07) is 90.1. The van der Waals surface area contributed by atoms with E-state index in [4.69, 9.17) is 0 Å². The third-order valence-electron chi connectivity index (χ3n) is 15.4. The fraction of sp³-hybridized carbons (Fsp3) is 0.0882. The molecular formula is C68H52N2. The van der Waals surface area contributed by atoms with Crippen molar-refractivity contribution in [2.45, 2.75) is 38.5 Å². The molecule has 2 aliphatic carbocycles. The van der Waals surface area contributed by atoms with Crippen LogP contribution < -0.4 is 9.80 Å². The summed E-state index contributed by atoms with van der Waals surface area (Å²) in [4.78, 5) is 5.00. The molecule has 0 bridgehead atoms. The summed E-state index contributed by atoms with van der Waals surface area (Å²) >= 11 is 0. The summed E-state index contributed by atoms with van der Waals surface area (Å²) in [5.41, 5.74) is 21.7. The van der Waals surface area contributed by atoms with Gasteiger partial charge in [-0.05, 0) is 144 Å². The number of hydrogen-bond donors (Lipinski definition) is 0. The SMILES string of the molecule is CC1(C)c2ccccc2-c2ccc(N(c3ccc(-c4ccccc4)cc3)c3cc(N(c4ccc(-c5ccccc5)cc4)c4ccc5c(c4)C(C)(C)c4ccccc4-5)c4c(ccc5ccccc54)c3)cc21. The molecule has 0 saturated carbocycles. The van der Waals surface area contributed by atoms with Crippen molar-refractivity contribution in [2.75, 3.05) is 9.80 Å². The van der Waals surface area contributed by atoms with Gasteiger partial charge in [0.25, 0.3) is 0 Å². The predicted octanol–water partition coefficient (Wildman–Crippen LogP) is 18.9. The van der Waals surface area contributed by atoms with Gasteiger partial charge in [-0.25, -0.2) is 0 Å². The van der Waals surface area contributed by atoms with Crippen molar-refractivity contribution in [1.29, 1.82) is 0 Å². The molecular weight excluding hydrogens is 845 g/mol. The van der Waals surface area contributed by atoms with E-state index in [1.54, 1.807) is 0 Å². The van der Waals surface area contributed by atoms with E-state index in [1.165, 1.54) is 88.3 Å². The molecule has 0 spiro atoms. The van der Waals surface area contributed by atoms with E-state index in [9.17, 15) is 0 Å². The van der Waals surface area contributed by atoms with Crippen LogP contribution in [-0.2, 0) is 10.8 Å². The van der Waals surface area contributed by atoms with Gasteiger partial charge in [0.2, 0.25) is 0 Å². The van der Waals surface area contributed by atoms with E-state index in [0.717, 1.165) is 34.1 Å². The first kappa shape index (κ1) is 41.7. The van der Waals surface area contributed by atoms with Crippen LogP contribution in [0.4, 0.5) is 34.1 Å². The predicted molar refractivity (Wildman–Crippen MR) is 297 cm³/mol. The van der Waals surface area contributed by atoms with E-state index in [1.807, 2.05) is 0 Å². The highest BCUT2D eigenvalue weighted by atomic mass is 15.2. The minimum Gasteiger partial charge on any atom is -0.310 e. The van der Waals surface area contributed by atoms with Crippen LogP contribution in [0.1, 0.15) is 49.9 Å². The number of benzene rings is 11. The van der Waals surface area contributed by atoms with Gasteiger partial charge in [0.1, 0.15) is 0 Å². The quantitative estimate of drug-likeness (QED) is 0.140. The first-order chi connectivity index (χ1) is 34.2. The smallest absolute Gasteiger partial charge is 0.0567 e. The number of anilines is 6. The van der Waals surface area contributed by atoms with Gasteiger partial charge in [0, 0.05) is 44.7 Å². The minimum atomic E-state index is -0.175. The lowest BCUT2D eigenvalue weighted by Crippen LogP contribution is -2.18. The monoisotopic (exact) mass is 896 g/mol. The van der Waals surface area contributed by atoms with Crippen molar-refractivity contribution >= 4 is 55.7 Å². The summed E-state index contributed by atoms with van der Waals surface area (Å²) < 4.78 is 0. The number of nitrogens with zero attached hydrogens (tertiary/aromatic N) is 2. The van der Waals surface area contributed by atoms with Crippen LogP contribution in [0, 0.1) is 0 Å². The Morgan fingerprint density at radius 2 is 0.686 bits per heavy atom. The van der Waals surface area contributed by atoms with E-state index < -0.39 is 0 Å². The zero-order valence-electron chi connectivity index (χ0n) is 40.0. The number of hydrogen-bond acceptors (Lipinski definition) is 2. The number of rotatable bonds is 8. The highest BCUT2D eigenvalue weighted by molar-refractivity contribution is 6.16. The molecule has 0 fully saturated rings. The second-order valence-corrected chi connectivity index (χ2v) is 20.1. The minimum absolute atomic E-state index is 0.165. The second kappa shape index (κ2) is 16.1. The van der Waals surface area contributed by atoms with Gasteiger partial charge in [-0.3, -0.25) is 0 Å².